The molecular formula is C22H29N5O2. The number of hydrogen-bond acceptors (Lipinski definition) is 4. The number of methoxy groups -OCH3 is 1. The first-order valence-electron chi connectivity index (χ1n) is 9.80. The van der Waals surface area contributed by atoms with Crippen LogP contribution in [0, 0.1) is 0 Å². The van der Waals surface area contributed by atoms with Crippen molar-refractivity contribution in [2.75, 3.05) is 37.5 Å². The topological polar surface area (TPSA) is 78.0 Å². The molecule has 0 bridgehead atoms. The standard InChI is InChI=1S/C22H29N5O2/c1-16(28)25-20-13-17(9-10-21(20)29-3)14-24-22(23-2)26-18-11-12-27(15-18)19-7-5-4-6-8-19/h4-10,13,18H,11-12,14-15H2,1-3H3,(H,25,28)(H2,23,24,26). The summed E-state index contributed by atoms with van der Waals surface area (Å²) < 4.78 is 5.31. The van der Waals surface area contributed by atoms with E-state index in [2.05, 4.69) is 50.1 Å². The van der Waals surface area contributed by atoms with Crippen molar-refractivity contribution in [2.24, 2.45) is 4.99 Å². The van der Waals surface area contributed by atoms with Gasteiger partial charge >= 0.3 is 0 Å². The number of guanidine groups is 1. The first kappa shape index (κ1) is 20.5. The molecule has 1 aliphatic heterocycles. The number of para-hydroxylation sites is 1. The van der Waals surface area contributed by atoms with Gasteiger partial charge in [0.1, 0.15) is 5.75 Å². The van der Waals surface area contributed by atoms with Crippen molar-refractivity contribution in [2.45, 2.75) is 25.9 Å². The highest BCUT2D eigenvalue weighted by Gasteiger charge is 2.23. The maximum Gasteiger partial charge on any atom is 0.221 e. The van der Waals surface area contributed by atoms with E-state index in [9.17, 15) is 4.79 Å². The Balaban J connectivity index is 1.55. The Morgan fingerprint density at radius 1 is 1.24 bits per heavy atom. The number of nitrogens with zero attached hydrogens (tertiary/aromatic N) is 2. The molecule has 1 heterocycles. The maximum absolute atomic E-state index is 11.4. The van der Waals surface area contributed by atoms with Crippen LogP contribution in [0.3, 0.4) is 0 Å². The number of rotatable bonds is 6. The van der Waals surface area contributed by atoms with Gasteiger partial charge in [-0.2, -0.15) is 0 Å². The molecule has 1 atom stereocenters. The molecule has 154 valence electrons. The molecule has 1 unspecified atom stereocenters. The van der Waals surface area contributed by atoms with Crippen LogP contribution in [0.5, 0.6) is 5.75 Å². The van der Waals surface area contributed by atoms with Gasteiger partial charge in [-0.05, 0) is 36.2 Å². The van der Waals surface area contributed by atoms with Gasteiger partial charge in [0, 0.05) is 45.3 Å². The van der Waals surface area contributed by atoms with Crippen LogP contribution in [-0.2, 0) is 11.3 Å². The first-order valence-corrected chi connectivity index (χ1v) is 9.80. The number of carbonyl (C=O) groups is 1. The Kier molecular flexibility index (Phi) is 6.94. The summed E-state index contributed by atoms with van der Waals surface area (Å²) in [5.41, 5.74) is 2.94. The Hall–Kier alpha value is -3.22. The summed E-state index contributed by atoms with van der Waals surface area (Å²) in [5.74, 6) is 1.27. The smallest absolute Gasteiger partial charge is 0.221 e. The number of anilines is 2. The molecule has 0 aliphatic carbocycles. The second-order valence-electron chi connectivity index (χ2n) is 7.05. The second-order valence-corrected chi connectivity index (χ2v) is 7.05. The van der Waals surface area contributed by atoms with E-state index in [0.29, 0.717) is 24.0 Å². The lowest BCUT2D eigenvalue weighted by Crippen LogP contribution is -2.44. The quantitative estimate of drug-likeness (QED) is 0.518. The van der Waals surface area contributed by atoms with Crippen LogP contribution in [0.15, 0.2) is 53.5 Å². The number of carbonyl (C=O) groups excluding carboxylic acids is 1. The molecule has 1 fully saturated rings. The molecule has 3 N–H and O–H groups in total. The summed E-state index contributed by atoms with van der Waals surface area (Å²) in [4.78, 5) is 18.1. The largest absolute Gasteiger partial charge is 0.495 e. The van der Waals surface area contributed by atoms with Crippen molar-refractivity contribution < 1.29 is 9.53 Å². The van der Waals surface area contributed by atoms with Crippen molar-refractivity contribution >= 4 is 23.2 Å². The van der Waals surface area contributed by atoms with Crippen LogP contribution in [-0.4, -0.2) is 45.2 Å². The van der Waals surface area contributed by atoms with Gasteiger partial charge in [0.25, 0.3) is 0 Å². The van der Waals surface area contributed by atoms with E-state index in [1.165, 1.54) is 12.6 Å². The van der Waals surface area contributed by atoms with E-state index in [0.717, 1.165) is 31.0 Å². The minimum absolute atomic E-state index is 0.130. The van der Waals surface area contributed by atoms with Crippen LogP contribution in [0.1, 0.15) is 18.9 Å². The Bertz CT molecular complexity index is 854. The number of hydrogen-bond donors (Lipinski definition) is 3. The van der Waals surface area contributed by atoms with Crippen molar-refractivity contribution in [1.29, 1.82) is 0 Å². The van der Waals surface area contributed by atoms with Crippen molar-refractivity contribution in [3.63, 3.8) is 0 Å². The van der Waals surface area contributed by atoms with Crippen molar-refractivity contribution in [3.05, 3.63) is 54.1 Å². The molecule has 2 aromatic carbocycles. The maximum atomic E-state index is 11.4. The number of amides is 1. The fourth-order valence-corrected chi connectivity index (χ4v) is 3.48. The predicted molar refractivity (Wildman–Crippen MR) is 118 cm³/mol. The molecular weight excluding hydrogens is 366 g/mol. The lowest BCUT2D eigenvalue weighted by Gasteiger charge is -2.20. The summed E-state index contributed by atoms with van der Waals surface area (Å²) >= 11 is 0. The summed E-state index contributed by atoms with van der Waals surface area (Å²) in [6, 6.07) is 16.5. The highest BCUT2D eigenvalue weighted by atomic mass is 16.5. The monoisotopic (exact) mass is 395 g/mol. The van der Waals surface area contributed by atoms with Crippen molar-refractivity contribution in [1.82, 2.24) is 10.6 Å². The zero-order valence-corrected chi connectivity index (χ0v) is 17.2. The molecule has 1 amide bonds. The first-order chi connectivity index (χ1) is 14.1. The number of benzene rings is 2. The van der Waals surface area contributed by atoms with Gasteiger partial charge in [-0.3, -0.25) is 9.79 Å². The third kappa shape index (κ3) is 5.63. The van der Waals surface area contributed by atoms with Crippen LogP contribution in [0.4, 0.5) is 11.4 Å². The van der Waals surface area contributed by atoms with Gasteiger partial charge in [0.2, 0.25) is 5.91 Å². The van der Waals surface area contributed by atoms with Crippen LogP contribution >= 0.6 is 0 Å². The zero-order valence-electron chi connectivity index (χ0n) is 17.2. The highest BCUT2D eigenvalue weighted by molar-refractivity contribution is 5.90. The van der Waals surface area contributed by atoms with Gasteiger partial charge in [-0.1, -0.05) is 24.3 Å². The minimum atomic E-state index is -0.130. The lowest BCUT2D eigenvalue weighted by atomic mass is 10.2. The summed E-state index contributed by atoms with van der Waals surface area (Å²) in [5, 5.41) is 9.66. The average molecular weight is 396 g/mol. The summed E-state index contributed by atoms with van der Waals surface area (Å²) in [6.45, 7) is 4.04. The fraction of sp³-hybridized carbons (Fsp3) is 0.364. The molecule has 0 spiro atoms. The minimum Gasteiger partial charge on any atom is -0.495 e. The third-order valence-corrected chi connectivity index (χ3v) is 4.91. The number of nitrogens with one attached hydrogen (secondary N) is 3. The molecule has 0 radical (unpaired) electrons. The molecule has 0 saturated carbocycles. The van der Waals surface area contributed by atoms with Gasteiger partial charge in [0.15, 0.2) is 5.96 Å². The predicted octanol–water partition coefficient (Wildman–Crippen LogP) is 2.60. The highest BCUT2D eigenvalue weighted by Crippen LogP contribution is 2.25. The normalized spacial score (nSPS) is 16.4. The number of aliphatic imine (C=N–C) groups is 1. The zero-order chi connectivity index (χ0) is 20.6. The Morgan fingerprint density at radius 3 is 2.72 bits per heavy atom. The van der Waals surface area contributed by atoms with E-state index in [-0.39, 0.29) is 5.91 Å². The lowest BCUT2D eigenvalue weighted by molar-refractivity contribution is -0.114. The van der Waals surface area contributed by atoms with E-state index in [4.69, 9.17) is 4.74 Å². The molecule has 2 aromatic rings. The van der Waals surface area contributed by atoms with E-state index >= 15 is 0 Å². The number of ether oxygens (including phenoxy) is 1. The van der Waals surface area contributed by atoms with Crippen molar-refractivity contribution in [3.8, 4) is 5.75 Å². The Morgan fingerprint density at radius 2 is 2.03 bits per heavy atom. The van der Waals surface area contributed by atoms with E-state index in [1.54, 1.807) is 14.2 Å². The summed E-state index contributed by atoms with van der Waals surface area (Å²) in [6.07, 6.45) is 1.06. The molecule has 7 heteroatoms. The third-order valence-electron chi connectivity index (χ3n) is 4.91. The SMILES string of the molecule is CN=C(NCc1ccc(OC)c(NC(C)=O)c1)NC1CCN(c2ccccc2)C1. The second kappa shape index (κ2) is 9.82. The van der Waals surface area contributed by atoms with Crippen LogP contribution in [0.25, 0.3) is 0 Å². The molecule has 1 aliphatic rings. The fourth-order valence-electron chi connectivity index (χ4n) is 3.48. The molecule has 1 saturated heterocycles. The van der Waals surface area contributed by atoms with Gasteiger partial charge in [-0.25, -0.2) is 0 Å². The van der Waals surface area contributed by atoms with Crippen LogP contribution in [0.2, 0.25) is 0 Å². The van der Waals surface area contributed by atoms with E-state index < -0.39 is 0 Å². The molecule has 0 aromatic heterocycles. The van der Waals surface area contributed by atoms with Gasteiger partial charge in [-0.15, -0.1) is 0 Å². The molecule has 3 rings (SSSR count). The average Bonchev–Trinajstić information content (AvgIpc) is 3.20. The van der Waals surface area contributed by atoms with Gasteiger partial charge in [0.05, 0.1) is 12.8 Å². The van der Waals surface area contributed by atoms with Crippen LogP contribution < -0.4 is 25.6 Å². The molecule has 29 heavy (non-hydrogen) atoms. The molecule has 7 nitrogen and oxygen atoms in total. The van der Waals surface area contributed by atoms with Gasteiger partial charge < -0.3 is 25.6 Å². The summed E-state index contributed by atoms with van der Waals surface area (Å²) in [7, 11) is 3.36. The Labute approximate surface area is 172 Å². The van der Waals surface area contributed by atoms with E-state index in [1.807, 2.05) is 24.3 Å².